The van der Waals surface area contributed by atoms with Crippen molar-refractivity contribution in [3.05, 3.63) is 35.9 Å². The molecule has 1 amide bonds. The molecule has 4 heteroatoms. The molecule has 0 radical (unpaired) electrons. The highest BCUT2D eigenvalue weighted by Crippen LogP contribution is 2.36. The fraction of sp³-hybridized carbons (Fsp3) is 0.533. The molecule has 0 aliphatic heterocycles. The number of hydrogen-bond acceptors (Lipinski definition) is 2. The number of amides is 1. The highest BCUT2D eigenvalue weighted by atomic mass is 35.5. The van der Waals surface area contributed by atoms with Crippen molar-refractivity contribution >= 4 is 18.3 Å². The molecular formula is C15H23ClN2O. The van der Waals surface area contributed by atoms with E-state index in [1.165, 1.54) is 6.42 Å². The summed E-state index contributed by atoms with van der Waals surface area (Å²) in [4.78, 5) is 12.0. The Balaban J connectivity index is 0.00000180. The minimum absolute atomic E-state index is 0. The molecule has 1 aliphatic carbocycles. The van der Waals surface area contributed by atoms with Crippen molar-refractivity contribution in [2.45, 2.75) is 26.3 Å². The van der Waals surface area contributed by atoms with Crippen LogP contribution < -0.4 is 11.1 Å². The number of halogens is 1. The highest BCUT2D eigenvalue weighted by Gasteiger charge is 2.33. The fourth-order valence-corrected chi connectivity index (χ4v) is 2.20. The number of rotatable bonds is 5. The molecule has 1 aromatic carbocycles. The van der Waals surface area contributed by atoms with Crippen molar-refractivity contribution in [1.29, 1.82) is 0 Å². The minimum Gasteiger partial charge on any atom is -0.356 e. The molecule has 0 saturated heterocycles. The van der Waals surface area contributed by atoms with Crippen LogP contribution in [0.4, 0.5) is 0 Å². The summed E-state index contributed by atoms with van der Waals surface area (Å²) in [7, 11) is 0. The van der Waals surface area contributed by atoms with E-state index in [0.29, 0.717) is 5.92 Å². The van der Waals surface area contributed by atoms with Crippen LogP contribution >= 0.6 is 12.4 Å². The van der Waals surface area contributed by atoms with Gasteiger partial charge >= 0.3 is 0 Å². The second-order valence-electron chi connectivity index (χ2n) is 5.44. The van der Waals surface area contributed by atoms with Gasteiger partial charge in [0.15, 0.2) is 0 Å². The van der Waals surface area contributed by atoms with E-state index in [2.05, 4.69) is 12.2 Å². The topological polar surface area (TPSA) is 55.1 Å². The first-order valence-electron chi connectivity index (χ1n) is 6.68. The van der Waals surface area contributed by atoms with Crippen molar-refractivity contribution in [3.63, 3.8) is 0 Å². The third kappa shape index (κ3) is 4.22. The Labute approximate surface area is 121 Å². The molecule has 0 spiro atoms. The lowest BCUT2D eigenvalue weighted by Crippen LogP contribution is -2.36. The van der Waals surface area contributed by atoms with Crippen molar-refractivity contribution in [1.82, 2.24) is 5.32 Å². The van der Waals surface area contributed by atoms with E-state index in [9.17, 15) is 4.79 Å². The standard InChI is InChI=1S/C15H22N2O.ClH/c1-10-8-13(10)9-17-15(18)11(2)14(16)12-6-4-3-5-7-12;/h3-7,10-11,13-14H,8-9,16H2,1-2H3,(H,17,18);1H. The first-order valence-corrected chi connectivity index (χ1v) is 6.68. The van der Waals surface area contributed by atoms with Crippen LogP contribution in [-0.4, -0.2) is 12.5 Å². The average molecular weight is 283 g/mol. The SMILES string of the molecule is CC1CC1CNC(=O)C(C)C(N)c1ccccc1.Cl. The van der Waals surface area contributed by atoms with Gasteiger partial charge in [0.1, 0.15) is 0 Å². The van der Waals surface area contributed by atoms with Gasteiger partial charge in [0.05, 0.1) is 5.92 Å². The van der Waals surface area contributed by atoms with Crippen LogP contribution in [0.25, 0.3) is 0 Å². The Morgan fingerprint density at radius 1 is 1.42 bits per heavy atom. The van der Waals surface area contributed by atoms with E-state index in [4.69, 9.17) is 5.73 Å². The number of nitrogens with two attached hydrogens (primary N) is 1. The molecule has 2 rings (SSSR count). The first-order chi connectivity index (χ1) is 8.59. The maximum absolute atomic E-state index is 12.0. The lowest BCUT2D eigenvalue weighted by atomic mass is 9.94. The predicted molar refractivity (Wildman–Crippen MR) is 80.1 cm³/mol. The molecule has 4 atom stereocenters. The van der Waals surface area contributed by atoms with E-state index < -0.39 is 0 Å². The van der Waals surface area contributed by atoms with Gasteiger partial charge in [0.25, 0.3) is 0 Å². The van der Waals surface area contributed by atoms with Crippen molar-refractivity contribution in [2.24, 2.45) is 23.5 Å². The molecule has 1 aromatic rings. The van der Waals surface area contributed by atoms with E-state index in [0.717, 1.165) is 18.0 Å². The van der Waals surface area contributed by atoms with Crippen LogP contribution in [0.2, 0.25) is 0 Å². The van der Waals surface area contributed by atoms with Gasteiger partial charge in [-0.05, 0) is 23.8 Å². The molecule has 4 unspecified atom stereocenters. The van der Waals surface area contributed by atoms with Gasteiger partial charge in [-0.15, -0.1) is 12.4 Å². The molecule has 0 aromatic heterocycles. The van der Waals surface area contributed by atoms with Crippen LogP contribution in [0.15, 0.2) is 30.3 Å². The van der Waals surface area contributed by atoms with E-state index in [1.54, 1.807) is 0 Å². The van der Waals surface area contributed by atoms with Crippen molar-refractivity contribution in [3.8, 4) is 0 Å². The monoisotopic (exact) mass is 282 g/mol. The van der Waals surface area contributed by atoms with Crippen LogP contribution in [-0.2, 0) is 4.79 Å². The van der Waals surface area contributed by atoms with Gasteiger partial charge in [0.2, 0.25) is 5.91 Å². The number of benzene rings is 1. The lowest BCUT2D eigenvalue weighted by Gasteiger charge is -2.19. The smallest absolute Gasteiger partial charge is 0.224 e. The Morgan fingerprint density at radius 3 is 2.53 bits per heavy atom. The zero-order valence-corrected chi connectivity index (χ0v) is 12.3. The number of carbonyl (C=O) groups excluding carboxylic acids is 1. The van der Waals surface area contributed by atoms with Crippen LogP contribution in [0, 0.1) is 17.8 Å². The predicted octanol–water partition coefficient (Wildman–Crippen LogP) is 2.52. The highest BCUT2D eigenvalue weighted by molar-refractivity contribution is 5.85. The third-order valence-corrected chi connectivity index (χ3v) is 3.95. The summed E-state index contributed by atoms with van der Waals surface area (Å²) in [5, 5.41) is 3.01. The maximum atomic E-state index is 12.0. The Morgan fingerprint density at radius 2 is 2.00 bits per heavy atom. The number of carbonyl (C=O) groups is 1. The van der Waals surface area contributed by atoms with Crippen molar-refractivity contribution in [2.75, 3.05) is 6.54 Å². The molecule has 1 fully saturated rings. The fourth-order valence-electron chi connectivity index (χ4n) is 2.20. The summed E-state index contributed by atoms with van der Waals surface area (Å²) in [5.74, 6) is 1.31. The molecule has 106 valence electrons. The summed E-state index contributed by atoms with van der Waals surface area (Å²) in [5.41, 5.74) is 7.14. The molecule has 0 heterocycles. The summed E-state index contributed by atoms with van der Waals surface area (Å²) < 4.78 is 0. The van der Waals surface area contributed by atoms with E-state index in [1.807, 2.05) is 37.3 Å². The molecular weight excluding hydrogens is 260 g/mol. The molecule has 1 aliphatic rings. The van der Waals surface area contributed by atoms with E-state index in [-0.39, 0.29) is 30.3 Å². The minimum atomic E-state index is -0.233. The Hall–Kier alpha value is -1.06. The van der Waals surface area contributed by atoms with Gasteiger partial charge in [0, 0.05) is 12.6 Å². The van der Waals surface area contributed by atoms with E-state index >= 15 is 0 Å². The third-order valence-electron chi connectivity index (χ3n) is 3.95. The molecule has 1 saturated carbocycles. The van der Waals surface area contributed by atoms with Gasteiger partial charge in [-0.3, -0.25) is 4.79 Å². The van der Waals surface area contributed by atoms with Crippen molar-refractivity contribution < 1.29 is 4.79 Å². The molecule has 3 N–H and O–H groups in total. The maximum Gasteiger partial charge on any atom is 0.224 e. The summed E-state index contributed by atoms with van der Waals surface area (Å²) in [6.07, 6.45) is 1.24. The zero-order valence-electron chi connectivity index (χ0n) is 11.5. The van der Waals surface area contributed by atoms with Gasteiger partial charge < -0.3 is 11.1 Å². The number of nitrogens with one attached hydrogen (secondary N) is 1. The lowest BCUT2D eigenvalue weighted by molar-refractivity contribution is -0.125. The summed E-state index contributed by atoms with van der Waals surface area (Å²) in [6.45, 7) is 4.91. The molecule has 0 bridgehead atoms. The molecule has 3 nitrogen and oxygen atoms in total. The quantitative estimate of drug-likeness (QED) is 0.872. The Kier molecular flexibility index (Phi) is 5.83. The average Bonchev–Trinajstić information content (AvgIpc) is 3.11. The molecule has 19 heavy (non-hydrogen) atoms. The second kappa shape index (κ2) is 6.92. The normalized spacial score (nSPS) is 23.9. The van der Waals surface area contributed by atoms with Gasteiger partial charge in [-0.25, -0.2) is 0 Å². The largest absolute Gasteiger partial charge is 0.356 e. The Bertz CT molecular complexity index is 410. The number of hydrogen-bond donors (Lipinski definition) is 2. The summed E-state index contributed by atoms with van der Waals surface area (Å²) in [6, 6.07) is 9.56. The van der Waals surface area contributed by atoms with Gasteiger partial charge in [-0.1, -0.05) is 44.2 Å². The van der Waals surface area contributed by atoms with Crippen LogP contribution in [0.1, 0.15) is 31.9 Å². The second-order valence-corrected chi connectivity index (χ2v) is 5.44. The first kappa shape index (κ1) is 16.0. The van der Waals surface area contributed by atoms with Gasteiger partial charge in [-0.2, -0.15) is 0 Å². The van der Waals surface area contributed by atoms with Crippen LogP contribution in [0.5, 0.6) is 0 Å². The summed E-state index contributed by atoms with van der Waals surface area (Å²) >= 11 is 0. The zero-order chi connectivity index (χ0) is 13.1. The van der Waals surface area contributed by atoms with Crippen LogP contribution in [0.3, 0.4) is 0 Å².